The van der Waals surface area contributed by atoms with E-state index in [-0.39, 0.29) is 0 Å². The summed E-state index contributed by atoms with van der Waals surface area (Å²) in [4.78, 5) is 14.1. The van der Waals surface area contributed by atoms with E-state index in [4.69, 9.17) is 0 Å². The monoisotopic (exact) mass is 261 g/mol. The molecule has 1 aromatic carbocycles. The summed E-state index contributed by atoms with van der Waals surface area (Å²) in [6.45, 7) is 5.59. The number of aliphatic carboxylic acids is 1. The van der Waals surface area contributed by atoms with Crippen molar-refractivity contribution in [2.75, 3.05) is 13.1 Å². The molecule has 1 aliphatic heterocycles. The summed E-state index contributed by atoms with van der Waals surface area (Å²) in [5, 5.41) is 9.81. The fourth-order valence-electron chi connectivity index (χ4n) is 3.06. The van der Waals surface area contributed by atoms with Crippen LogP contribution in [0.15, 0.2) is 24.3 Å². The van der Waals surface area contributed by atoms with Gasteiger partial charge >= 0.3 is 5.97 Å². The summed E-state index contributed by atoms with van der Waals surface area (Å²) < 4.78 is 0. The number of hydrogen-bond acceptors (Lipinski definition) is 2. The highest BCUT2D eigenvalue weighted by Gasteiger charge is 2.42. The first-order valence-electron chi connectivity index (χ1n) is 7.11. The number of benzene rings is 1. The average molecular weight is 261 g/mol. The zero-order chi connectivity index (χ0) is 13.9. The van der Waals surface area contributed by atoms with E-state index in [1.165, 1.54) is 12.8 Å². The topological polar surface area (TPSA) is 40.5 Å². The van der Waals surface area contributed by atoms with Gasteiger partial charge < -0.3 is 5.11 Å². The number of aryl methyl sites for hydroxylation is 1. The quantitative estimate of drug-likeness (QED) is 0.908. The number of nitrogens with zero attached hydrogens (tertiary/aromatic N) is 1. The molecular formula is C16H23NO2. The minimum Gasteiger partial charge on any atom is -0.480 e. The van der Waals surface area contributed by atoms with Crippen LogP contribution in [0.2, 0.25) is 0 Å². The van der Waals surface area contributed by atoms with Gasteiger partial charge in [0, 0.05) is 0 Å². The van der Waals surface area contributed by atoms with Crippen LogP contribution >= 0.6 is 0 Å². The van der Waals surface area contributed by atoms with Crippen molar-refractivity contribution in [2.24, 2.45) is 0 Å². The summed E-state index contributed by atoms with van der Waals surface area (Å²) in [6, 6.07) is 7.84. The maximum Gasteiger partial charge on any atom is 0.328 e. The Hall–Kier alpha value is -1.35. The molecule has 1 N–H and O–H groups in total. The van der Waals surface area contributed by atoms with E-state index in [9.17, 15) is 9.90 Å². The molecule has 3 nitrogen and oxygen atoms in total. The Labute approximate surface area is 115 Å². The van der Waals surface area contributed by atoms with Gasteiger partial charge in [-0.3, -0.25) is 4.90 Å². The van der Waals surface area contributed by atoms with Crippen molar-refractivity contribution in [3.05, 3.63) is 35.4 Å². The van der Waals surface area contributed by atoms with Crippen molar-refractivity contribution in [3.63, 3.8) is 0 Å². The predicted octanol–water partition coefficient (Wildman–Crippen LogP) is 3.17. The lowest BCUT2D eigenvalue weighted by molar-refractivity contribution is -0.151. The summed E-state index contributed by atoms with van der Waals surface area (Å²) in [5.74, 6) is -0.747. The molecule has 0 amide bonds. The van der Waals surface area contributed by atoms with Gasteiger partial charge in [-0.25, -0.2) is 4.79 Å². The van der Waals surface area contributed by atoms with Crippen molar-refractivity contribution in [2.45, 2.75) is 45.1 Å². The van der Waals surface area contributed by atoms with E-state index in [0.29, 0.717) is 0 Å². The number of rotatable bonds is 3. The van der Waals surface area contributed by atoms with Gasteiger partial charge in [-0.1, -0.05) is 37.1 Å². The molecule has 1 heterocycles. The van der Waals surface area contributed by atoms with E-state index < -0.39 is 11.5 Å². The molecule has 1 aliphatic rings. The molecule has 1 unspecified atom stereocenters. The van der Waals surface area contributed by atoms with Crippen LogP contribution in [0.3, 0.4) is 0 Å². The molecule has 0 radical (unpaired) electrons. The smallest absolute Gasteiger partial charge is 0.328 e. The number of hydrogen-bond donors (Lipinski definition) is 1. The molecule has 1 aromatic rings. The number of carbonyl (C=O) groups is 1. The Morgan fingerprint density at radius 2 is 1.74 bits per heavy atom. The fourth-order valence-corrected chi connectivity index (χ4v) is 3.06. The minimum atomic E-state index is -0.907. The lowest BCUT2D eigenvalue weighted by Crippen LogP contribution is -2.50. The molecule has 104 valence electrons. The molecule has 2 rings (SSSR count). The molecule has 1 saturated heterocycles. The standard InChI is InChI=1S/C16H23NO2/c1-13-9-5-6-10-14(13)16(2,15(18)19)17-11-7-3-4-8-12-17/h5-6,9-10H,3-4,7-8,11-12H2,1-2H3,(H,18,19). The van der Waals surface area contributed by atoms with Gasteiger partial charge in [0.15, 0.2) is 0 Å². The normalized spacial score (nSPS) is 20.5. The SMILES string of the molecule is Cc1ccccc1C(C)(C(=O)O)N1CCCCCC1. The predicted molar refractivity (Wildman–Crippen MR) is 76.2 cm³/mol. The van der Waals surface area contributed by atoms with Crippen molar-refractivity contribution in [1.29, 1.82) is 0 Å². The van der Waals surface area contributed by atoms with Gasteiger partial charge in [-0.05, 0) is 50.9 Å². The molecule has 1 fully saturated rings. The number of carboxylic acids is 1. The third-order valence-electron chi connectivity index (χ3n) is 4.32. The van der Waals surface area contributed by atoms with Gasteiger partial charge in [0.1, 0.15) is 5.54 Å². The minimum absolute atomic E-state index is 0.747. The maximum atomic E-state index is 11.9. The van der Waals surface area contributed by atoms with Crippen LogP contribution in [0.1, 0.15) is 43.7 Å². The van der Waals surface area contributed by atoms with Crippen LogP contribution in [0, 0.1) is 6.92 Å². The van der Waals surface area contributed by atoms with E-state index in [1.807, 2.05) is 38.1 Å². The molecular weight excluding hydrogens is 238 g/mol. The number of carboxylic acid groups (broad SMARTS) is 1. The summed E-state index contributed by atoms with van der Waals surface area (Å²) in [6.07, 6.45) is 4.60. The highest BCUT2D eigenvalue weighted by Crippen LogP contribution is 2.33. The van der Waals surface area contributed by atoms with Crippen LogP contribution in [0.4, 0.5) is 0 Å². The van der Waals surface area contributed by atoms with Crippen molar-refractivity contribution >= 4 is 5.97 Å². The molecule has 3 heteroatoms. The molecule has 0 saturated carbocycles. The first kappa shape index (κ1) is 14.1. The van der Waals surface area contributed by atoms with Crippen molar-refractivity contribution in [3.8, 4) is 0 Å². The Morgan fingerprint density at radius 3 is 2.26 bits per heavy atom. The van der Waals surface area contributed by atoms with Gasteiger partial charge in [-0.2, -0.15) is 0 Å². The second-order valence-corrected chi connectivity index (χ2v) is 5.59. The first-order valence-corrected chi connectivity index (χ1v) is 7.11. The highest BCUT2D eigenvalue weighted by atomic mass is 16.4. The van der Waals surface area contributed by atoms with Gasteiger partial charge in [0.2, 0.25) is 0 Å². The second kappa shape index (κ2) is 5.74. The third kappa shape index (κ3) is 2.66. The largest absolute Gasteiger partial charge is 0.480 e. The Morgan fingerprint density at radius 1 is 1.16 bits per heavy atom. The molecule has 19 heavy (non-hydrogen) atoms. The van der Waals surface area contributed by atoms with Gasteiger partial charge in [0.05, 0.1) is 0 Å². The fraction of sp³-hybridized carbons (Fsp3) is 0.562. The molecule has 1 atom stereocenters. The molecule has 0 spiro atoms. The molecule has 0 aliphatic carbocycles. The Kier molecular flexibility index (Phi) is 4.25. The average Bonchev–Trinajstić information content (AvgIpc) is 2.67. The summed E-state index contributed by atoms with van der Waals surface area (Å²) in [7, 11) is 0. The van der Waals surface area contributed by atoms with Gasteiger partial charge in [0.25, 0.3) is 0 Å². The van der Waals surface area contributed by atoms with Crippen LogP contribution in [-0.2, 0) is 10.3 Å². The zero-order valence-electron chi connectivity index (χ0n) is 11.9. The first-order chi connectivity index (χ1) is 9.06. The molecule has 0 aromatic heterocycles. The van der Waals surface area contributed by atoms with E-state index in [0.717, 1.165) is 37.1 Å². The van der Waals surface area contributed by atoms with Gasteiger partial charge in [-0.15, -0.1) is 0 Å². The second-order valence-electron chi connectivity index (χ2n) is 5.59. The van der Waals surface area contributed by atoms with E-state index in [2.05, 4.69) is 4.90 Å². The van der Waals surface area contributed by atoms with E-state index in [1.54, 1.807) is 0 Å². The number of likely N-dealkylation sites (tertiary alicyclic amines) is 1. The Balaban J connectivity index is 2.42. The zero-order valence-corrected chi connectivity index (χ0v) is 11.9. The maximum absolute atomic E-state index is 11.9. The van der Waals surface area contributed by atoms with Crippen LogP contribution in [0.25, 0.3) is 0 Å². The lowest BCUT2D eigenvalue weighted by atomic mass is 9.86. The Bertz CT molecular complexity index is 450. The van der Waals surface area contributed by atoms with Crippen molar-refractivity contribution < 1.29 is 9.90 Å². The van der Waals surface area contributed by atoms with Crippen LogP contribution < -0.4 is 0 Å². The summed E-state index contributed by atoms with van der Waals surface area (Å²) in [5.41, 5.74) is 1.07. The lowest BCUT2D eigenvalue weighted by Gasteiger charge is -2.38. The van der Waals surface area contributed by atoms with E-state index >= 15 is 0 Å². The summed E-state index contributed by atoms with van der Waals surface area (Å²) >= 11 is 0. The highest BCUT2D eigenvalue weighted by molar-refractivity contribution is 5.80. The van der Waals surface area contributed by atoms with Crippen LogP contribution in [-0.4, -0.2) is 29.1 Å². The van der Waals surface area contributed by atoms with Crippen molar-refractivity contribution in [1.82, 2.24) is 4.90 Å². The van der Waals surface area contributed by atoms with Crippen LogP contribution in [0.5, 0.6) is 0 Å². The molecule has 0 bridgehead atoms. The third-order valence-corrected chi connectivity index (χ3v) is 4.32.